The van der Waals surface area contributed by atoms with Crippen molar-refractivity contribution >= 4 is 77.2 Å². The van der Waals surface area contributed by atoms with Gasteiger partial charge in [0.15, 0.2) is 0 Å². The van der Waals surface area contributed by atoms with E-state index in [4.69, 9.17) is 68.3 Å². The summed E-state index contributed by atoms with van der Waals surface area (Å²) >= 11 is 0. The second kappa shape index (κ2) is 56.1. The smallest absolute Gasteiger partial charge is 0.120 e. The average Bonchev–Trinajstić information content (AvgIpc) is 0.714. The fraction of sp³-hybridized carbons (Fsp3) is 0.492. The minimum atomic E-state index is 0.546. The van der Waals surface area contributed by atoms with Crippen molar-refractivity contribution in [1.82, 2.24) is 39.9 Å². The number of hydrogen-bond acceptors (Lipinski definition) is 14. The Bertz CT molecular complexity index is 5550. The molecule has 0 saturated carbocycles. The second-order valence-electron chi connectivity index (χ2n) is 38.4. The molecule has 720 valence electrons. The van der Waals surface area contributed by atoms with Crippen molar-refractivity contribution in [2.75, 3.05) is 39.6 Å². The van der Waals surface area contributed by atoms with E-state index in [-0.39, 0.29) is 0 Å². The van der Waals surface area contributed by atoms with E-state index < -0.39 is 0 Å². The Kier molecular flexibility index (Phi) is 41.7. The molecule has 4 aromatic heterocycles. The normalized spacial score (nSPS) is 11.7. The van der Waals surface area contributed by atoms with Crippen molar-refractivity contribution < 1.29 is 28.4 Å². The third-order valence-corrected chi connectivity index (χ3v) is 27.2. The van der Waals surface area contributed by atoms with E-state index in [0.717, 1.165) is 140 Å². The first-order chi connectivity index (χ1) is 67.3. The van der Waals surface area contributed by atoms with Crippen LogP contribution in [0.15, 0.2) is 182 Å². The van der Waals surface area contributed by atoms with Crippen LogP contribution in [0.25, 0.3) is 144 Å². The van der Waals surface area contributed by atoms with Gasteiger partial charge in [0.1, 0.15) is 67.6 Å². The van der Waals surface area contributed by atoms with Gasteiger partial charge in [0.25, 0.3) is 0 Å². The average molecular weight is 1830 g/mol. The van der Waals surface area contributed by atoms with Crippen LogP contribution < -0.4 is 28.4 Å². The third-order valence-electron chi connectivity index (χ3n) is 27.2. The number of aromatic nitrogens is 8. The van der Waals surface area contributed by atoms with Crippen LogP contribution in [0, 0.1) is 0 Å². The topological polar surface area (TPSA) is 159 Å². The zero-order chi connectivity index (χ0) is 93.8. The maximum Gasteiger partial charge on any atom is 0.120 e. The fourth-order valence-corrected chi connectivity index (χ4v) is 19.1. The van der Waals surface area contributed by atoms with Crippen molar-refractivity contribution in [3.05, 3.63) is 182 Å². The summed E-state index contributed by atoms with van der Waals surface area (Å²) in [5, 5.41) is 0. The van der Waals surface area contributed by atoms with Gasteiger partial charge in [-0.25, -0.2) is 39.9 Å². The summed E-state index contributed by atoms with van der Waals surface area (Å²) in [6.45, 7) is 17.8. The van der Waals surface area contributed by atoms with Crippen LogP contribution >= 0.6 is 0 Å². The maximum absolute atomic E-state index is 6.47. The van der Waals surface area contributed by atoms with Gasteiger partial charge in [-0.05, 0) is 216 Å². The van der Waals surface area contributed by atoms with Crippen LogP contribution in [0.4, 0.5) is 0 Å². The van der Waals surface area contributed by atoms with Gasteiger partial charge in [0.05, 0.1) is 95.2 Å². The fourth-order valence-electron chi connectivity index (χ4n) is 19.1. The SMILES string of the molecule is CCCCCCCCCCOc1ccc(-c2cc3nc4c5nc6cc(-c7ccc(OCCCCCCCCCC)cc7)c(-c7ccc(OCCCCCCCCCC)cc7)cc6nc5c5nc6cc7nc(-c8ccc(OCCCCCCCCCC)cc8)c(-c8ccc(OCCCCCCCCCC)cc8)nc7cc6nc5c4nc3cc2-c2ccc(OCCCCCCCCCC)cc2)cc1. The van der Waals surface area contributed by atoms with Crippen LogP contribution in [0.1, 0.15) is 350 Å². The summed E-state index contributed by atoms with van der Waals surface area (Å²) in [6.07, 6.45) is 59.7. The summed E-state index contributed by atoms with van der Waals surface area (Å²) in [5.41, 5.74) is 20.1. The lowest BCUT2D eigenvalue weighted by Gasteiger charge is -2.16. The van der Waals surface area contributed by atoms with Crippen LogP contribution in [-0.2, 0) is 0 Å². The van der Waals surface area contributed by atoms with Gasteiger partial charge in [0, 0.05) is 11.1 Å². The molecule has 136 heavy (non-hydrogen) atoms. The van der Waals surface area contributed by atoms with Crippen molar-refractivity contribution in [3.8, 4) is 102 Å². The standard InChI is InChI=1S/C122H156N8O6/c1-7-13-19-25-31-37-43-49-79-131-97-67-55-91(56-68-97)103-85-107-109(87-105(103)93-59-71-99(72-60-93)133-81-51-45-39-33-27-21-15-9-3)127-119-117(125-107)118-120(128-110-88-106(94-61-73-100(74-62-94)134-82-52-46-40-34-28-22-16-10-4)104(86-108(110)126-118)92-57-69-98(70-58-92)132-80-50-44-38-32-26-20-14-8-2)122-121(119)129-113-89-111-112(90-114(113)130-122)124-116(96-65-77-102(78-66-96)136-84-54-48-42-36-30-24-18-12-6)115(123-111)95-63-75-101(76-64-95)135-83-53-47-41-35-29-23-17-11-5/h55-78,85-90H,7-54,79-84H2,1-6H3. The van der Waals surface area contributed by atoms with Crippen molar-refractivity contribution in [2.24, 2.45) is 0 Å². The van der Waals surface area contributed by atoms with Crippen LogP contribution in [0.5, 0.6) is 34.5 Å². The number of nitrogens with zero attached hydrogens (tertiary/aromatic N) is 8. The molecule has 0 spiro atoms. The van der Waals surface area contributed by atoms with E-state index >= 15 is 0 Å². The maximum atomic E-state index is 6.47. The number of fused-ring (bicyclic) bond motifs is 10. The number of unbranched alkanes of at least 4 members (excludes halogenated alkanes) is 42. The second-order valence-corrected chi connectivity index (χ2v) is 38.4. The molecule has 10 aromatic carbocycles. The summed E-state index contributed by atoms with van der Waals surface area (Å²) in [4.78, 5) is 45.9. The van der Waals surface area contributed by atoms with Crippen molar-refractivity contribution in [3.63, 3.8) is 0 Å². The molecule has 0 aliphatic heterocycles. The third kappa shape index (κ3) is 30.1. The molecule has 0 atom stereocenters. The van der Waals surface area contributed by atoms with E-state index in [0.29, 0.717) is 117 Å². The van der Waals surface area contributed by atoms with Crippen LogP contribution in [0.3, 0.4) is 0 Å². The van der Waals surface area contributed by atoms with E-state index in [9.17, 15) is 0 Å². The lowest BCUT2D eigenvalue weighted by molar-refractivity contribution is 0.304. The summed E-state index contributed by atoms with van der Waals surface area (Å²) in [6, 6.07) is 64.0. The van der Waals surface area contributed by atoms with E-state index in [1.165, 1.54) is 270 Å². The van der Waals surface area contributed by atoms with Gasteiger partial charge in [-0.3, -0.25) is 0 Å². The van der Waals surface area contributed by atoms with Gasteiger partial charge in [-0.15, -0.1) is 0 Å². The number of hydrogen-bond donors (Lipinski definition) is 0. The first-order valence-electron chi connectivity index (χ1n) is 53.9. The molecule has 14 heteroatoms. The predicted molar refractivity (Wildman–Crippen MR) is 573 cm³/mol. The molecule has 0 amide bonds. The molecule has 0 saturated heterocycles. The summed E-state index contributed by atoms with van der Waals surface area (Å²) in [5.74, 6) is 5.09. The highest BCUT2D eigenvalue weighted by molar-refractivity contribution is 6.21. The Morgan fingerprint density at radius 2 is 0.287 bits per heavy atom. The minimum absolute atomic E-state index is 0.546. The first kappa shape index (κ1) is 101. The zero-order valence-corrected chi connectivity index (χ0v) is 83.5. The summed E-state index contributed by atoms with van der Waals surface area (Å²) < 4.78 is 38.7. The van der Waals surface area contributed by atoms with Gasteiger partial charge in [-0.2, -0.15) is 0 Å². The van der Waals surface area contributed by atoms with Gasteiger partial charge < -0.3 is 28.4 Å². The van der Waals surface area contributed by atoms with Crippen molar-refractivity contribution in [2.45, 2.75) is 350 Å². The number of rotatable bonds is 66. The molecular formula is C122H156N8O6. The minimum Gasteiger partial charge on any atom is -0.494 e. The molecule has 0 bridgehead atoms. The zero-order valence-electron chi connectivity index (χ0n) is 83.5. The molecular weight excluding hydrogens is 1670 g/mol. The Morgan fingerprint density at radius 3 is 0.456 bits per heavy atom. The lowest BCUT2D eigenvalue weighted by Crippen LogP contribution is -2.01. The Hall–Kier alpha value is -10.9. The highest BCUT2D eigenvalue weighted by atomic mass is 16.5. The highest BCUT2D eigenvalue weighted by Gasteiger charge is 2.25. The largest absolute Gasteiger partial charge is 0.494 e. The molecule has 0 unspecified atom stereocenters. The molecule has 0 aliphatic rings. The quantitative estimate of drug-likeness (QED) is 0.0201. The van der Waals surface area contributed by atoms with Crippen LogP contribution in [-0.4, -0.2) is 79.5 Å². The lowest BCUT2D eigenvalue weighted by atomic mass is 9.93. The van der Waals surface area contributed by atoms with Crippen LogP contribution in [0.2, 0.25) is 0 Å². The number of benzene rings is 10. The first-order valence-corrected chi connectivity index (χ1v) is 53.9. The molecule has 14 nitrogen and oxygen atoms in total. The van der Waals surface area contributed by atoms with Gasteiger partial charge in [0.2, 0.25) is 0 Å². The molecule has 14 rings (SSSR count). The molecule has 0 N–H and O–H groups in total. The number of ether oxygens (including phenoxy) is 6. The summed E-state index contributed by atoms with van der Waals surface area (Å²) in [7, 11) is 0. The molecule has 0 fully saturated rings. The molecule has 0 aliphatic carbocycles. The Balaban J connectivity index is 0.888. The Labute approximate surface area is 813 Å². The monoisotopic (exact) mass is 1830 g/mol. The van der Waals surface area contributed by atoms with Gasteiger partial charge in [-0.1, -0.05) is 360 Å². The highest BCUT2D eigenvalue weighted by Crippen LogP contribution is 2.44. The van der Waals surface area contributed by atoms with E-state index in [2.05, 4.69) is 211 Å². The molecule has 0 radical (unpaired) electrons. The van der Waals surface area contributed by atoms with Gasteiger partial charge >= 0.3 is 0 Å². The predicted octanol–water partition coefficient (Wildman–Crippen LogP) is 36.0. The van der Waals surface area contributed by atoms with E-state index in [1.54, 1.807) is 0 Å². The van der Waals surface area contributed by atoms with E-state index in [1.807, 2.05) is 12.1 Å². The Morgan fingerprint density at radius 1 is 0.147 bits per heavy atom. The molecule has 14 aromatic rings. The molecule has 4 heterocycles. The van der Waals surface area contributed by atoms with Crippen molar-refractivity contribution in [1.29, 1.82) is 0 Å².